The molecule has 0 spiro atoms. The molecule has 2 heteroatoms. The smallest absolute Gasteiger partial charge is 0.0178 e. The Morgan fingerprint density at radius 1 is 0.297 bits per heavy atom. The van der Waals surface area contributed by atoms with Crippen LogP contribution in [0.4, 0.5) is 0 Å². The summed E-state index contributed by atoms with van der Waals surface area (Å²) in [5.41, 5.74) is 16.1. The van der Waals surface area contributed by atoms with E-state index in [9.17, 15) is 0 Å². The molecule has 2 aliphatic carbocycles. The average molecular weight is 949 g/mol. The van der Waals surface area contributed by atoms with E-state index in [2.05, 4.69) is 254 Å². The van der Waals surface area contributed by atoms with Gasteiger partial charge < -0.3 is 0 Å². The summed E-state index contributed by atoms with van der Waals surface area (Å²) in [6.45, 7) is 9.40. The van der Waals surface area contributed by atoms with Crippen molar-refractivity contribution in [3.05, 3.63) is 225 Å². The summed E-state index contributed by atoms with van der Waals surface area (Å²) in [5, 5.41) is 13.3. The van der Waals surface area contributed by atoms with Gasteiger partial charge in [0.05, 0.1) is 0 Å². The number of fused-ring (bicyclic) bond motifs is 15. The molecular formula is C62H44Br2. The maximum Gasteiger partial charge on any atom is 0.0178 e. The molecule has 0 aliphatic heterocycles. The first kappa shape index (κ1) is 39.3. The quantitative estimate of drug-likeness (QED) is 0.152. The van der Waals surface area contributed by atoms with Crippen molar-refractivity contribution in [3.8, 4) is 44.5 Å². The van der Waals surface area contributed by atoms with Gasteiger partial charge in [0.1, 0.15) is 0 Å². The number of halogens is 2. The summed E-state index contributed by atoms with van der Waals surface area (Å²) in [6, 6.07) is 71.6. The van der Waals surface area contributed by atoms with Crippen LogP contribution >= 0.6 is 31.9 Å². The van der Waals surface area contributed by atoms with Crippen LogP contribution in [-0.2, 0) is 10.8 Å². The number of rotatable bonds is 2. The zero-order chi connectivity index (χ0) is 43.5. The normalized spacial score (nSPS) is 14.0. The fourth-order valence-corrected chi connectivity index (χ4v) is 12.0. The zero-order valence-corrected chi connectivity index (χ0v) is 39.4. The molecule has 0 saturated heterocycles. The van der Waals surface area contributed by atoms with Crippen LogP contribution in [0, 0.1) is 0 Å². The number of benzene rings is 11. The molecule has 13 rings (SSSR count). The van der Waals surface area contributed by atoms with Crippen molar-refractivity contribution in [2.45, 2.75) is 38.5 Å². The van der Waals surface area contributed by atoms with Gasteiger partial charge in [-0.05, 0) is 163 Å². The molecule has 2 aliphatic rings. The third kappa shape index (κ3) is 5.92. The lowest BCUT2D eigenvalue weighted by Crippen LogP contribution is -2.15. The van der Waals surface area contributed by atoms with Crippen LogP contribution in [0.3, 0.4) is 0 Å². The molecule has 0 heterocycles. The number of hydrogen-bond acceptors (Lipinski definition) is 0. The van der Waals surface area contributed by atoms with E-state index in [-0.39, 0.29) is 10.8 Å². The Labute approximate surface area is 391 Å². The Hall–Kier alpha value is -6.32. The van der Waals surface area contributed by atoms with Gasteiger partial charge >= 0.3 is 0 Å². The summed E-state index contributed by atoms with van der Waals surface area (Å²) < 4.78 is 2.28. The first-order valence-electron chi connectivity index (χ1n) is 22.2. The highest BCUT2D eigenvalue weighted by Gasteiger charge is 2.37. The van der Waals surface area contributed by atoms with Crippen molar-refractivity contribution < 1.29 is 0 Å². The average Bonchev–Trinajstić information content (AvgIpc) is 3.68. The fraction of sp³-hybridized carbons (Fsp3) is 0.0968. The summed E-state index contributed by atoms with van der Waals surface area (Å²) >= 11 is 7.37. The van der Waals surface area contributed by atoms with Gasteiger partial charge in [0.2, 0.25) is 0 Å². The van der Waals surface area contributed by atoms with Crippen LogP contribution in [0.2, 0.25) is 0 Å². The van der Waals surface area contributed by atoms with E-state index in [0.29, 0.717) is 0 Å². The van der Waals surface area contributed by atoms with Crippen LogP contribution in [0.25, 0.3) is 98.4 Å². The molecule has 306 valence electrons. The molecule has 64 heavy (non-hydrogen) atoms. The Balaban J connectivity index is 0.000000135. The SMILES string of the molecule is CC1(C)c2cc(Br)ccc2-c2cc3c4ccccc4c4ccc5ccccc5c4c3cc21.CC1(C)c2cc(Br)ccc2-c2ccc(-c3c(-c4ccccc4)ccc4ccccc34)cc21. The van der Waals surface area contributed by atoms with Gasteiger partial charge in [-0.2, -0.15) is 0 Å². The summed E-state index contributed by atoms with van der Waals surface area (Å²) in [6.07, 6.45) is 0. The van der Waals surface area contributed by atoms with Crippen molar-refractivity contribution >= 4 is 85.7 Å². The third-order valence-corrected chi connectivity index (χ3v) is 15.4. The topological polar surface area (TPSA) is 0 Å². The van der Waals surface area contributed by atoms with E-state index in [1.165, 1.54) is 121 Å². The molecule has 0 N–H and O–H groups in total. The van der Waals surface area contributed by atoms with Gasteiger partial charge in [-0.1, -0.05) is 211 Å². The van der Waals surface area contributed by atoms with Crippen molar-refractivity contribution in [1.82, 2.24) is 0 Å². The van der Waals surface area contributed by atoms with Crippen LogP contribution in [0.15, 0.2) is 203 Å². The Morgan fingerprint density at radius 3 is 1.45 bits per heavy atom. The highest BCUT2D eigenvalue weighted by molar-refractivity contribution is 9.10. The van der Waals surface area contributed by atoms with Crippen LogP contribution in [0.5, 0.6) is 0 Å². The predicted octanol–water partition coefficient (Wildman–Crippen LogP) is 18.6. The standard InChI is InChI=1S/C31H21Br.C31H23Br/c1-31(2)28-15-19(32)12-14-23(28)26-16-25-22-10-6-5-9-21(22)24-13-11-18-7-3-4-8-20(18)30(24)27(25)17-29(26)31;1-31(2)28-18-22(13-16-26(28)27-17-14-23(32)19-29(27)31)30-24-11-7-6-10-21(24)12-15-25(30)20-8-4-3-5-9-20/h3-17H,1-2H3;3-19H,1-2H3. The molecule has 0 nitrogen and oxygen atoms in total. The van der Waals surface area contributed by atoms with Gasteiger partial charge in [-0.25, -0.2) is 0 Å². The minimum atomic E-state index is -0.0397. The highest BCUT2D eigenvalue weighted by atomic mass is 79.9. The highest BCUT2D eigenvalue weighted by Crippen LogP contribution is 2.54. The molecule has 0 bridgehead atoms. The number of hydrogen-bond donors (Lipinski definition) is 0. The Kier molecular flexibility index (Phi) is 8.97. The molecule has 0 amide bonds. The molecule has 0 radical (unpaired) electrons. The van der Waals surface area contributed by atoms with Crippen molar-refractivity contribution in [2.75, 3.05) is 0 Å². The molecule has 0 aromatic heterocycles. The van der Waals surface area contributed by atoms with E-state index < -0.39 is 0 Å². The maximum atomic E-state index is 3.70. The molecule has 11 aromatic rings. The minimum Gasteiger partial charge on any atom is -0.0622 e. The van der Waals surface area contributed by atoms with E-state index in [1.807, 2.05) is 0 Å². The maximum absolute atomic E-state index is 3.70. The van der Waals surface area contributed by atoms with E-state index >= 15 is 0 Å². The summed E-state index contributed by atoms with van der Waals surface area (Å²) in [7, 11) is 0. The van der Waals surface area contributed by atoms with Crippen LogP contribution in [-0.4, -0.2) is 0 Å². The molecule has 0 unspecified atom stereocenters. The van der Waals surface area contributed by atoms with Crippen molar-refractivity contribution in [3.63, 3.8) is 0 Å². The van der Waals surface area contributed by atoms with E-state index in [1.54, 1.807) is 0 Å². The monoisotopic (exact) mass is 946 g/mol. The molecule has 11 aromatic carbocycles. The molecule has 0 saturated carbocycles. The second kappa shape index (κ2) is 14.6. The summed E-state index contributed by atoms with van der Waals surface area (Å²) in [5.74, 6) is 0. The lowest BCUT2D eigenvalue weighted by molar-refractivity contribution is 0.660. The zero-order valence-electron chi connectivity index (χ0n) is 36.2. The molecule has 0 atom stereocenters. The van der Waals surface area contributed by atoms with Crippen LogP contribution < -0.4 is 0 Å². The van der Waals surface area contributed by atoms with Crippen molar-refractivity contribution in [2.24, 2.45) is 0 Å². The van der Waals surface area contributed by atoms with Crippen LogP contribution in [0.1, 0.15) is 49.9 Å². The molecule has 0 fully saturated rings. The lowest BCUT2D eigenvalue weighted by Gasteiger charge is -2.23. The van der Waals surface area contributed by atoms with Gasteiger partial charge in [0, 0.05) is 19.8 Å². The molecular weight excluding hydrogens is 904 g/mol. The van der Waals surface area contributed by atoms with Gasteiger partial charge in [-0.15, -0.1) is 0 Å². The van der Waals surface area contributed by atoms with E-state index in [4.69, 9.17) is 0 Å². The van der Waals surface area contributed by atoms with Gasteiger partial charge in [0.25, 0.3) is 0 Å². The van der Waals surface area contributed by atoms with Gasteiger partial charge in [0.15, 0.2) is 0 Å². The largest absolute Gasteiger partial charge is 0.0622 e. The first-order chi connectivity index (χ1) is 31.1. The Morgan fingerprint density at radius 2 is 0.781 bits per heavy atom. The van der Waals surface area contributed by atoms with E-state index in [0.717, 1.165) is 8.95 Å². The lowest BCUT2D eigenvalue weighted by atomic mass is 9.81. The fourth-order valence-electron chi connectivity index (χ4n) is 11.2. The summed E-state index contributed by atoms with van der Waals surface area (Å²) in [4.78, 5) is 0. The first-order valence-corrected chi connectivity index (χ1v) is 23.8. The predicted molar refractivity (Wildman–Crippen MR) is 282 cm³/mol. The second-order valence-electron chi connectivity index (χ2n) is 18.7. The van der Waals surface area contributed by atoms with Gasteiger partial charge in [-0.3, -0.25) is 0 Å². The third-order valence-electron chi connectivity index (χ3n) is 14.4. The Bertz CT molecular complexity index is 3740. The van der Waals surface area contributed by atoms with Crippen molar-refractivity contribution in [1.29, 1.82) is 0 Å². The second-order valence-corrected chi connectivity index (χ2v) is 20.5. The minimum absolute atomic E-state index is 0.0365.